The quantitative estimate of drug-likeness (QED) is 0.213. The Morgan fingerprint density at radius 3 is 2.59 bits per heavy atom. The molecule has 5 aliphatic heterocycles. The number of carbonyl (C=O) groups is 2. The van der Waals surface area contributed by atoms with E-state index < -0.39 is 0 Å². The van der Waals surface area contributed by atoms with E-state index >= 15 is 9.59 Å². The van der Waals surface area contributed by atoms with E-state index in [1.165, 1.54) is 5.56 Å². The molecule has 5 aliphatic rings. The van der Waals surface area contributed by atoms with Gasteiger partial charge in [0.05, 0.1) is 36.2 Å². The minimum atomic E-state index is -0.254. The molecule has 2 saturated heterocycles. The molecule has 0 bridgehead atoms. The van der Waals surface area contributed by atoms with E-state index in [0.717, 1.165) is 93.5 Å². The number of nitrogens with zero attached hydrogens (tertiary/aromatic N) is 6. The molecule has 0 aliphatic carbocycles. The third-order valence-electron chi connectivity index (χ3n) is 13.0. The van der Waals surface area contributed by atoms with Crippen LogP contribution in [0, 0.1) is 13.8 Å². The summed E-state index contributed by atoms with van der Waals surface area (Å²) in [6, 6.07) is 21.0. The lowest BCUT2D eigenvalue weighted by Gasteiger charge is -2.46. The van der Waals surface area contributed by atoms with Gasteiger partial charge in [-0.05, 0) is 85.8 Å². The van der Waals surface area contributed by atoms with Crippen molar-refractivity contribution in [2.24, 2.45) is 7.05 Å². The number of aromatic nitrogens is 2. The van der Waals surface area contributed by atoms with Crippen molar-refractivity contribution in [3.05, 3.63) is 112 Å². The molecule has 59 heavy (non-hydrogen) atoms. The minimum Gasteiger partial charge on any atom is -0.508 e. The topological polar surface area (TPSA) is 125 Å². The van der Waals surface area contributed by atoms with Crippen LogP contribution in [-0.4, -0.2) is 113 Å². The van der Waals surface area contributed by atoms with Crippen molar-refractivity contribution >= 4 is 29.0 Å². The van der Waals surface area contributed by atoms with E-state index in [1.54, 1.807) is 35.4 Å². The van der Waals surface area contributed by atoms with Crippen molar-refractivity contribution in [2.45, 2.75) is 45.3 Å². The number of nitrogens with one attached hydrogen (secondary N) is 1. The Balaban J connectivity index is 1.03. The van der Waals surface area contributed by atoms with E-state index in [4.69, 9.17) is 19.2 Å². The van der Waals surface area contributed by atoms with Crippen molar-refractivity contribution < 1.29 is 28.9 Å². The number of amides is 2. The number of fused-ring (bicyclic) bond motifs is 4. The molecule has 0 unspecified atom stereocenters. The number of rotatable bonds is 7. The van der Waals surface area contributed by atoms with Gasteiger partial charge in [-0.2, -0.15) is 0 Å². The second-order valence-corrected chi connectivity index (χ2v) is 16.4. The fraction of sp³-hybridized carbons (Fsp3) is 0.370. The van der Waals surface area contributed by atoms with E-state index in [-0.39, 0.29) is 30.4 Å². The summed E-state index contributed by atoms with van der Waals surface area (Å²) in [5.74, 6) is 1.67. The van der Waals surface area contributed by atoms with Crippen molar-refractivity contribution in [1.29, 1.82) is 0 Å². The van der Waals surface area contributed by atoms with Crippen LogP contribution in [0.4, 0.5) is 17.2 Å². The summed E-state index contributed by atoms with van der Waals surface area (Å²) in [6.45, 7) is 11.4. The number of pyridine rings is 1. The molecule has 2 N–H and O–H groups in total. The number of morpholine rings is 1. The maximum absolute atomic E-state index is 15.3. The number of phenolic OH excluding ortho intramolecular Hbond substituents is 1. The predicted molar refractivity (Wildman–Crippen MR) is 224 cm³/mol. The lowest BCUT2D eigenvalue weighted by molar-refractivity contribution is -0.0485. The summed E-state index contributed by atoms with van der Waals surface area (Å²) in [5, 5.41) is 13.5. The van der Waals surface area contributed by atoms with Crippen molar-refractivity contribution in [1.82, 2.24) is 24.3 Å². The molecule has 10 rings (SSSR count). The summed E-state index contributed by atoms with van der Waals surface area (Å²) in [6.07, 6.45) is 3.30. The highest BCUT2D eigenvalue weighted by atomic mass is 16.7. The summed E-state index contributed by atoms with van der Waals surface area (Å²) >= 11 is 0. The van der Waals surface area contributed by atoms with Gasteiger partial charge < -0.3 is 34.1 Å². The number of anilines is 3. The fourth-order valence-corrected chi connectivity index (χ4v) is 9.63. The zero-order valence-corrected chi connectivity index (χ0v) is 33.7. The number of hydrogen-bond donors (Lipinski definition) is 2. The van der Waals surface area contributed by atoms with Crippen LogP contribution >= 0.6 is 0 Å². The lowest BCUT2D eigenvalue weighted by atomic mass is 9.91. The molecular formula is C46H49N7O6. The number of piperazine rings is 1. The monoisotopic (exact) mass is 795 g/mol. The van der Waals surface area contributed by atoms with Crippen molar-refractivity contribution in [2.75, 3.05) is 69.5 Å². The normalized spacial score (nSPS) is 19.8. The second-order valence-electron chi connectivity index (χ2n) is 16.4. The molecule has 304 valence electrons. The summed E-state index contributed by atoms with van der Waals surface area (Å²) < 4.78 is 19.6. The van der Waals surface area contributed by atoms with Gasteiger partial charge in [0.1, 0.15) is 11.6 Å². The van der Waals surface area contributed by atoms with Gasteiger partial charge in [0.2, 0.25) is 6.79 Å². The number of ether oxygens (including phenoxy) is 3. The average Bonchev–Trinajstić information content (AvgIpc) is 4.01. The highest BCUT2D eigenvalue weighted by molar-refractivity contribution is 6.13. The van der Waals surface area contributed by atoms with Gasteiger partial charge in [-0.1, -0.05) is 24.3 Å². The summed E-state index contributed by atoms with van der Waals surface area (Å²) in [7, 11) is 1.92. The molecule has 5 aromatic rings. The molecular weight excluding hydrogens is 747 g/mol. The Labute approximate surface area is 343 Å². The zero-order chi connectivity index (χ0) is 40.4. The van der Waals surface area contributed by atoms with Crippen LogP contribution in [0.1, 0.15) is 48.7 Å². The minimum absolute atomic E-state index is 0.0581. The smallest absolute Gasteiger partial charge is 0.264 e. The molecule has 2 amide bonds. The summed E-state index contributed by atoms with van der Waals surface area (Å²) in [4.78, 5) is 43.8. The third-order valence-corrected chi connectivity index (χ3v) is 13.0. The first-order chi connectivity index (χ1) is 28.7. The van der Waals surface area contributed by atoms with Gasteiger partial charge in [0.15, 0.2) is 11.5 Å². The summed E-state index contributed by atoms with van der Waals surface area (Å²) in [5.41, 5.74) is 8.79. The number of aromatic hydroxyl groups is 1. The molecule has 2 fully saturated rings. The standard InChI is InChI=1S/C46H49N7O6/c1-28-36-12-13-47-44(36)48-22-41(28)53(32-8-10-35(54)11-9-32)46(56)37-19-40(49(3)29(37)2)38-20-42-43(59-27-58-42)21-39(38)45(55)52-23-31-7-5-4-6-30(31)18-33(52)24-50-14-15-51-16-17-57-26-34(51)25-50/h4-11,19-22,33-34,54H,12-18,23-27H2,1-3H3,(H,47,48)/t33-,34+/m0/s1. The Hall–Kier alpha value is -5.89. The van der Waals surface area contributed by atoms with Gasteiger partial charge in [-0.3, -0.25) is 24.3 Å². The number of phenols is 1. The molecule has 0 spiro atoms. The first kappa shape index (κ1) is 37.4. The average molecular weight is 796 g/mol. The van der Waals surface area contributed by atoms with Crippen molar-refractivity contribution in [3.63, 3.8) is 0 Å². The Morgan fingerprint density at radius 1 is 0.966 bits per heavy atom. The van der Waals surface area contributed by atoms with Crippen LogP contribution < -0.4 is 19.7 Å². The highest BCUT2D eigenvalue weighted by Gasteiger charge is 2.37. The Bertz CT molecular complexity index is 2460. The van der Waals surface area contributed by atoms with Gasteiger partial charge in [0.25, 0.3) is 11.8 Å². The molecule has 2 aromatic heterocycles. The van der Waals surface area contributed by atoms with Gasteiger partial charge in [-0.25, -0.2) is 4.98 Å². The molecule has 2 atom stereocenters. The zero-order valence-electron chi connectivity index (χ0n) is 33.7. The van der Waals surface area contributed by atoms with Crippen LogP contribution in [0.15, 0.2) is 72.9 Å². The maximum Gasteiger partial charge on any atom is 0.264 e. The van der Waals surface area contributed by atoms with E-state index in [2.05, 4.69) is 33.3 Å². The van der Waals surface area contributed by atoms with E-state index in [1.807, 2.05) is 54.6 Å². The first-order valence-electron chi connectivity index (χ1n) is 20.6. The van der Waals surface area contributed by atoms with E-state index in [9.17, 15) is 5.11 Å². The Morgan fingerprint density at radius 2 is 1.76 bits per heavy atom. The largest absolute Gasteiger partial charge is 0.508 e. The van der Waals surface area contributed by atoms with Crippen LogP contribution in [0.25, 0.3) is 11.3 Å². The lowest BCUT2D eigenvalue weighted by Crippen LogP contribution is -2.60. The number of carbonyl (C=O) groups excluding carboxylic acids is 2. The van der Waals surface area contributed by atoms with Crippen LogP contribution in [0.3, 0.4) is 0 Å². The molecule has 0 radical (unpaired) electrons. The number of benzene rings is 3. The van der Waals surface area contributed by atoms with E-state index in [0.29, 0.717) is 57.8 Å². The molecule has 0 saturated carbocycles. The second kappa shape index (κ2) is 15.0. The van der Waals surface area contributed by atoms with Crippen LogP contribution in [-0.2, 0) is 31.2 Å². The SMILES string of the molecule is Cc1c(N(C(=O)c2cc(-c3cc4c(cc3C(=O)N3Cc5ccccc5C[C@H]3CN3CCN5CCOC[C@H]5C3)OCO4)n(C)c2C)c2ccc(O)cc2)cnc2c1CCN2. The van der Waals surface area contributed by atoms with Crippen LogP contribution in [0.2, 0.25) is 0 Å². The van der Waals surface area contributed by atoms with Gasteiger partial charge in [-0.15, -0.1) is 0 Å². The third kappa shape index (κ3) is 6.67. The first-order valence-corrected chi connectivity index (χ1v) is 20.6. The van der Waals surface area contributed by atoms with Gasteiger partial charge >= 0.3 is 0 Å². The van der Waals surface area contributed by atoms with Crippen LogP contribution in [0.5, 0.6) is 17.2 Å². The van der Waals surface area contributed by atoms with Crippen molar-refractivity contribution in [3.8, 4) is 28.5 Å². The molecule has 13 nitrogen and oxygen atoms in total. The molecule has 13 heteroatoms. The van der Waals surface area contributed by atoms with Gasteiger partial charge in [0, 0.05) is 93.1 Å². The molecule has 7 heterocycles. The Kier molecular flexibility index (Phi) is 9.54. The predicted octanol–water partition coefficient (Wildman–Crippen LogP) is 5.67. The molecule has 3 aromatic carbocycles. The number of hydrogen-bond acceptors (Lipinski definition) is 10. The fourth-order valence-electron chi connectivity index (χ4n) is 9.63. The maximum atomic E-state index is 15.3. The highest BCUT2D eigenvalue weighted by Crippen LogP contribution is 2.42.